The molecule has 114 valence electrons. The summed E-state index contributed by atoms with van der Waals surface area (Å²) in [6.45, 7) is 0.0568. The van der Waals surface area contributed by atoms with Crippen LogP contribution in [0.4, 0.5) is 4.79 Å². The van der Waals surface area contributed by atoms with E-state index in [4.69, 9.17) is 11.6 Å². The Morgan fingerprint density at radius 1 is 1.45 bits per heavy atom. The Kier molecular flexibility index (Phi) is 3.21. The van der Waals surface area contributed by atoms with Gasteiger partial charge in [-0.1, -0.05) is 16.1 Å². The summed E-state index contributed by atoms with van der Waals surface area (Å²) >= 11 is 8.66. The Balaban J connectivity index is 1.70. The van der Waals surface area contributed by atoms with Gasteiger partial charge in [0, 0.05) is 22.0 Å². The van der Waals surface area contributed by atoms with Crippen LogP contribution in [0.2, 0.25) is 4.34 Å². The summed E-state index contributed by atoms with van der Waals surface area (Å²) in [6.07, 6.45) is 2.47. The lowest BCUT2D eigenvalue weighted by Crippen LogP contribution is -2.46. The normalized spacial score (nSPS) is 24.0. The van der Waals surface area contributed by atoms with E-state index in [-0.39, 0.29) is 12.5 Å². The molecule has 1 aliphatic carbocycles. The molecule has 3 amide bonds. The molecule has 2 aromatic rings. The lowest BCUT2D eigenvalue weighted by atomic mass is 9.80. The van der Waals surface area contributed by atoms with Crippen LogP contribution in [0, 0.1) is 0 Å². The molecule has 1 aliphatic heterocycles. The third-order valence-electron chi connectivity index (χ3n) is 4.15. The van der Waals surface area contributed by atoms with Gasteiger partial charge in [0.15, 0.2) is 0 Å². The number of nitrogens with zero attached hydrogens (tertiary/aromatic N) is 3. The second kappa shape index (κ2) is 5.00. The van der Waals surface area contributed by atoms with Crippen LogP contribution in [0.3, 0.4) is 0 Å². The molecule has 6 nitrogen and oxygen atoms in total. The Labute approximate surface area is 139 Å². The van der Waals surface area contributed by atoms with Crippen LogP contribution in [0.25, 0.3) is 0 Å². The number of aryl methyl sites for hydroxylation is 1. The minimum atomic E-state index is -0.916. The predicted octanol–water partition coefficient (Wildman–Crippen LogP) is 2.54. The summed E-state index contributed by atoms with van der Waals surface area (Å²) in [7, 11) is 0. The molecule has 1 spiro atoms. The lowest BCUT2D eigenvalue weighted by molar-refractivity contribution is -0.132. The van der Waals surface area contributed by atoms with E-state index >= 15 is 0 Å². The van der Waals surface area contributed by atoms with E-state index in [0.29, 0.717) is 16.5 Å². The first-order valence-corrected chi connectivity index (χ1v) is 8.82. The minimum absolute atomic E-state index is 0.0568. The Hall–Kier alpha value is -1.51. The number of halogens is 1. The minimum Gasteiger partial charge on any atom is -0.319 e. The van der Waals surface area contributed by atoms with Gasteiger partial charge >= 0.3 is 6.03 Å². The monoisotopic (exact) mass is 354 g/mol. The number of carbonyl (C=O) groups excluding carboxylic acids is 2. The van der Waals surface area contributed by atoms with Crippen molar-refractivity contribution in [3.8, 4) is 0 Å². The summed E-state index contributed by atoms with van der Waals surface area (Å²) in [4.78, 5) is 27.7. The summed E-state index contributed by atoms with van der Waals surface area (Å²) in [5.74, 6) is -0.221. The second-order valence-corrected chi connectivity index (χ2v) is 7.69. The maximum absolute atomic E-state index is 13.0. The van der Waals surface area contributed by atoms with E-state index in [1.54, 1.807) is 11.3 Å². The van der Waals surface area contributed by atoms with Gasteiger partial charge in [0.1, 0.15) is 15.6 Å². The van der Waals surface area contributed by atoms with Crippen molar-refractivity contribution < 1.29 is 9.59 Å². The van der Waals surface area contributed by atoms with E-state index in [1.807, 2.05) is 11.4 Å². The molecule has 1 saturated heterocycles. The molecule has 0 aromatic carbocycles. The van der Waals surface area contributed by atoms with Gasteiger partial charge in [0.25, 0.3) is 5.91 Å². The van der Waals surface area contributed by atoms with Crippen LogP contribution in [0.15, 0.2) is 11.4 Å². The first-order valence-electron chi connectivity index (χ1n) is 6.79. The highest BCUT2D eigenvalue weighted by Gasteiger charge is 2.54. The summed E-state index contributed by atoms with van der Waals surface area (Å²) < 4.78 is 4.14. The molecule has 4 rings (SSSR count). The van der Waals surface area contributed by atoms with Gasteiger partial charge in [-0.15, -0.1) is 16.4 Å². The van der Waals surface area contributed by atoms with Gasteiger partial charge in [-0.05, 0) is 30.7 Å². The van der Waals surface area contributed by atoms with Crippen molar-refractivity contribution in [2.75, 3.05) is 0 Å². The average molecular weight is 355 g/mol. The maximum Gasteiger partial charge on any atom is 0.325 e. The molecule has 1 fully saturated rings. The quantitative estimate of drug-likeness (QED) is 0.841. The van der Waals surface area contributed by atoms with Crippen LogP contribution < -0.4 is 5.32 Å². The third kappa shape index (κ3) is 1.90. The van der Waals surface area contributed by atoms with E-state index in [0.717, 1.165) is 29.9 Å². The molecule has 3 heterocycles. The van der Waals surface area contributed by atoms with Crippen LogP contribution in [0.5, 0.6) is 0 Å². The van der Waals surface area contributed by atoms with Crippen molar-refractivity contribution in [2.24, 2.45) is 0 Å². The number of amides is 3. The molecule has 0 radical (unpaired) electrons. The SMILES string of the molecule is O=C1NC2(CCCc3sccc32)C(=O)N1Cc1nnsc1Cl. The fourth-order valence-electron chi connectivity index (χ4n) is 3.13. The Bertz CT molecular complexity index is 774. The number of carbonyl (C=O) groups is 2. The van der Waals surface area contributed by atoms with Crippen LogP contribution in [-0.4, -0.2) is 26.4 Å². The van der Waals surface area contributed by atoms with E-state index in [1.165, 1.54) is 9.78 Å². The van der Waals surface area contributed by atoms with E-state index < -0.39 is 11.6 Å². The van der Waals surface area contributed by atoms with Gasteiger partial charge in [-0.25, -0.2) is 4.79 Å². The molecule has 0 bridgehead atoms. The zero-order chi connectivity index (χ0) is 15.3. The van der Waals surface area contributed by atoms with Crippen molar-refractivity contribution in [2.45, 2.75) is 31.3 Å². The van der Waals surface area contributed by atoms with Crippen molar-refractivity contribution >= 4 is 46.4 Å². The van der Waals surface area contributed by atoms with E-state index in [2.05, 4.69) is 14.9 Å². The van der Waals surface area contributed by atoms with Crippen molar-refractivity contribution in [3.63, 3.8) is 0 Å². The number of hydrogen-bond acceptors (Lipinski definition) is 6. The first kappa shape index (κ1) is 14.1. The largest absolute Gasteiger partial charge is 0.325 e. The second-order valence-electron chi connectivity index (χ2n) is 5.33. The molecule has 22 heavy (non-hydrogen) atoms. The number of nitrogens with one attached hydrogen (secondary N) is 1. The molecule has 2 aromatic heterocycles. The highest BCUT2D eigenvalue weighted by molar-refractivity contribution is 7.10. The van der Waals surface area contributed by atoms with E-state index in [9.17, 15) is 9.59 Å². The summed E-state index contributed by atoms with van der Waals surface area (Å²) in [6, 6.07) is 1.55. The number of hydrogen-bond donors (Lipinski definition) is 1. The highest BCUT2D eigenvalue weighted by Crippen LogP contribution is 2.42. The Morgan fingerprint density at radius 3 is 3.09 bits per heavy atom. The van der Waals surface area contributed by atoms with Crippen molar-refractivity contribution in [1.82, 2.24) is 19.8 Å². The number of urea groups is 1. The van der Waals surface area contributed by atoms with Gasteiger partial charge in [-0.3, -0.25) is 9.69 Å². The molecular weight excluding hydrogens is 344 g/mol. The number of aromatic nitrogens is 2. The molecule has 1 N–H and O–H groups in total. The fraction of sp³-hybridized carbons (Fsp3) is 0.385. The van der Waals surface area contributed by atoms with Crippen molar-refractivity contribution in [1.29, 1.82) is 0 Å². The predicted molar refractivity (Wildman–Crippen MR) is 82.9 cm³/mol. The standard InChI is InChI=1S/C13H11ClN4O2S2/c14-10-8(16-17-22-10)6-18-11(19)13(15-12(18)20)4-1-2-9-7(13)3-5-21-9/h3,5H,1-2,4,6H2,(H,15,20). The molecule has 1 atom stereocenters. The van der Waals surface area contributed by atoms with Gasteiger partial charge in [0.2, 0.25) is 0 Å². The van der Waals surface area contributed by atoms with Crippen LogP contribution in [0.1, 0.15) is 29.0 Å². The molecule has 2 aliphatic rings. The molecular formula is C13H11ClN4O2S2. The molecule has 9 heteroatoms. The number of fused-ring (bicyclic) bond motifs is 2. The van der Waals surface area contributed by atoms with Crippen LogP contribution in [-0.2, 0) is 23.3 Å². The van der Waals surface area contributed by atoms with Crippen LogP contribution >= 0.6 is 34.5 Å². The smallest absolute Gasteiger partial charge is 0.319 e. The number of rotatable bonds is 2. The number of imide groups is 1. The zero-order valence-corrected chi connectivity index (χ0v) is 13.7. The first-order chi connectivity index (χ1) is 10.6. The molecule has 0 saturated carbocycles. The highest BCUT2D eigenvalue weighted by atomic mass is 35.5. The van der Waals surface area contributed by atoms with Gasteiger partial charge < -0.3 is 5.32 Å². The zero-order valence-electron chi connectivity index (χ0n) is 11.3. The van der Waals surface area contributed by atoms with Gasteiger partial charge in [-0.2, -0.15) is 0 Å². The topological polar surface area (TPSA) is 75.2 Å². The maximum atomic E-state index is 13.0. The summed E-state index contributed by atoms with van der Waals surface area (Å²) in [5.41, 5.74) is 0.473. The third-order valence-corrected chi connectivity index (χ3v) is 6.12. The number of thiophene rings is 1. The summed E-state index contributed by atoms with van der Waals surface area (Å²) in [5, 5.41) is 8.75. The van der Waals surface area contributed by atoms with Crippen molar-refractivity contribution in [3.05, 3.63) is 31.9 Å². The lowest BCUT2D eigenvalue weighted by Gasteiger charge is -2.31. The Morgan fingerprint density at radius 2 is 2.32 bits per heavy atom. The van der Waals surface area contributed by atoms with Gasteiger partial charge in [0.05, 0.1) is 6.54 Å². The average Bonchev–Trinajstić information content (AvgIpc) is 3.17. The fourth-order valence-corrected chi connectivity index (χ4v) is 4.74. The molecule has 1 unspecified atom stereocenters.